The standard InChI is InChI=1S/C10H16N2OS/c1-13-8-3-4-9(11)10(7-8)12-5-6-14-2/h3-4,7,12H,5-6,11H2,1-2H3. The lowest BCUT2D eigenvalue weighted by molar-refractivity contribution is 0.415. The molecule has 3 nitrogen and oxygen atoms in total. The SMILES string of the molecule is COc1ccc(N)c(NCCSC)c1. The van der Waals surface area contributed by atoms with Crippen LogP contribution in [0, 0.1) is 0 Å². The molecule has 0 heterocycles. The zero-order chi connectivity index (χ0) is 10.4. The molecule has 0 unspecified atom stereocenters. The van der Waals surface area contributed by atoms with Gasteiger partial charge in [0.15, 0.2) is 0 Å². The third-order valence-electron chi connectivity index (χ3n) is 1.88. The lowest BCUT2D eigenvalue weighted by Crippen LogP contribution is -2.06. The van der Waals surface area contributed by atoms with Gasteiger partial charge < -0.3 is 15.8 Å². The molecule has 0 spiro atoms. The van der Waals surface area contributed by atoms with Crippen LogP contribution in [0.1, 0.15) is 0 Å². The molecule has 0 bridgehead atoms. The average Bonchev–Trinajstić information content (AvgIpc) is 2.21. The van der Waals surface area contributed by atoms with Crippen molar-refractivity contribution < 1.29 is 4.74 Å². The van der Waals surface area contributed by atoms with Crippen LogP contribution >= 0.6 is 11.8 Å². The van der Waals surface area contributed by atoms with Gasteiger partial charge in [0.05, 0.1) is 18.5 Å². The van der Waals surface area contributed by atoms with Gasteiger partial charge >= 0.3 is 0 Å². The summed E-state index contributed by atoms with van der Waals surface area (Å²) in [5, 5.41) is 3.26. The summed E-state index contributed by atoms with van der Waals surface area (Å²) in [5.74, 6) is 1.89. The van der Waals surface area contributed by atoms with Crippen molar-refractivity contribution in [3.05, 3.63) is 18.2 Å². The smallest absolute Gasteiger partial charge is 0.121 e. The Morgan fingerprint density at radius 1 is 1.50 bits per heavy atom. The minimum absolute atomic E-state index is 0.756. The van der Waals surface area contributed by atoms with Gasteiger partial charge in [-0.3, -0.25) is 0 Å². The average molecular weight is 212 g/mol. The monoisotopic (exact) mass is 212 g/mol. The van der Waals surface area contributed by atoms with Crippen LogP contribution in [0.4, 0.5) is 11.4 Å². The van der Waals surface area contributed by atoms with Crippen molar-refractivity contribution >= 4 is 23.1 Å². The zero-order valence-corrected chi connectivity index (χ0v) is 9.36. The van der Waals surface area contributed by atoms with Gasteiger partial charge in [0, 0.05) is 18.4 Å². The number of nitrogen functional groups attached to an aromatic ring is 1. The second-order valence-electron chi connectivity index (χ2n) is 2.87. The summed E-state index contributed by atoms with van der Waals surface area (Å²) in [7, 11) is 1.65. The van der Waals surface area contributed by atoms with Crippen molar-refractivity contribution in [1.82, 2.24) is 0 Å². The van der Waals surface area contributed by atoms with Crippen LogP contribution in [0.25, 0.3) is 0 Å². The summed E-state index contributed by atoms with van der Waals surface area (Å²) in [5.41, 5.74) is 7.50. The number of nitrogens with one attached hydrogen (secondary N) is 1. The maximum Gasteiger partial charge on any atom is 0.121 e. The maximum atomic E-state index is 5.80. The first kappa shape index (κ1) is 11.0. The summed E-state index contributed by atoms with van der Waals surface area (Å²) in [6.45, 7) is 0.915. The molecular formula is C10H16N2OS. The molecule has 0 amide bonds. The molecular weight excluding hydrogens is 196 g/mol. The number of thioether (sulfide) groups is 1. The number of hydrogen-bond acceptors (Lipinski definition) is 4. The van der Waals surface area contributed by atoms with E-state index in [-0.39, 0.29) is 0 Å². The van der Waals surface area contributed by atoms with E-state index in [0.29, 0.717) is 0 Å². The van der Waals surface area contributed by atoms with Crippen LogP contribution in [0.15, 0.2) is 18.2 Å². The van der Waals surface area contributed by atoms with Crippen LogP contribution in [0.2, 0.25) is 0 Å². The van der Waals surface area contributed by atoms with Gasteiger partial charge in [-0.25, -0.2) is 0 Å². The van der Waals surface area contributed by atoms with Gasteiger partial charge in [0.25, 0.3) is 0 Å². The zero-order valence-electron chi connectivity index (χ0n) is 8.54. The Bertz CT molecular complexity index is 291. The fourth-order valence-corrected chi connectivity index (χ4v) is 1.41. The third kappa shape index (κ3) is 3.03. The number of anilines is 2. The molecule has 0 aromatic heterocycles. The fraction of sp³-hybridized carbons (Fsp3) is 0.400. The van der Waals surface area contributed by atoms with Crippen molar-refractivity contribution in [1.29, 1.82) is 0 Å². The number of benzene rings is 1. The van der Waals surface area contributed by atoms with Gasteiger partial charge in [-0.05, 0) is 18.4 Å². The van der Waals surface area contributed by atoms with Crippen molar-refractivity contribution in [3.8, 4) is 5.75 Å². The molecule has 0 saturated heterocycles. The molecule has 0 atom stereocenters. The van der Waals surface area contributed by atoms with E-state index in [1.807, 2.05) is 18.2 Å². The summed E-state index contributed by atoms with van der Waals surface area (Å²) >= 11 is 1.80. The summed E-state index contributed by atoms with van der Waals surface area (Å²) in [6.07, 6.45) is 2.08. The van der Waals surface area contributed by atoms with Crippen molar-refractivity contribution in [2.75, 3.05) is 36.7 Å². The van der Waals surface area contributed by atoms with E-state index in [2.05, 4.69) is 11.6 Å². The van der Waals surface area contributed by atoms with E-state index >= 15 is 0 Å². The first-order valence-electron chi connectivity index (χ1n) is 4.44. The predicted octanol–water partition coefficient (Wildman–Crippen LogP) is 2.05. The molecule has 1 aromatic carbocycles. The molecule has 1 rings (SSSR count). The van der Waals surface area contributed by atoms with Gasteiger partial charge in [-0.2, -0.15) is 11.8 Å². The van der Waals surface area contributed by atoms with Gasteiger partial charge in [0.2, 0.25) is 0 Å². The minimum Gasteiger partial charge on any atom is -0.497 e. The summed E-state index contributed by atoms with van der Waals surface area (Å²) in [4.78, 5) is 0. The Balaban J connectivity index is 2.64. The third-order valence-corrected chi connectivity index (χ3v) is 2.49. The molecule has 1 aromatic rings. The van der Waals surface area contributed by atoms with Crippen LogP contribution in [0.3, 0.4) is 0 Å². The van der Waals surface area contributed by atoms with E-state index in [0.717, 1.165) is 29.4 Å². The Morgan fingerprint density at radius 3 is 2.93 bits per heavy atom. The van der Waals surface area contributed by atoms with Gasteiger partial charge in [-0.1, -0.05) is 0 Å². The molecule has 4 heteroatoms. The van der Waals surface area contributed by atoms with Crippen molar-refractivity contribution in [2.24, 2.45) is 0 Å². The highest BCUT2D eigenvalue weighted by Gasteiger charge is 1.99. The first-order chi connectivity index (χ1) is 6.77. The van der Waals surface area contributed by atoms with E-state index in [1.54, 1.807) is 18.9 Å². The van der Waals surface area contributed by atoms with Crippen molar-refractivity contribution in [2.45, 2.75) is 0 Å². The number of ether oxygens (including phenoxy) is 1. The topological polar surface area (TPSA) is 47.3 Å². The number of methoxy groups -OCH3 is 1. The molecule has 0 fully saturated rings. The lowest BCUT2D eigenvalue weighted by atomic mass is 10.2. The number of nitrogens with two attached hydrogens (primary N) is 1. The highest BCUT2D eigenvalue weighted by molar-refractivity contribution is 7.98. The Kier molecular flexibility index (Phi) is 4.46. The molecule has 78 valence electrons. The summed E-state index contributed by atoms with van der Waals surface area (Å²) in [6, 6.07) is 5.62. The molecule has 0 aliphatic rings. The van der Waals surface area contributed by atoms with Gasteiger partial charge in [0.1, 0.15) is 5.75 Å². The summed E-state index contributed by atoms with van der Waals surface area (Å²) < 4.78 is 5.12. The minimum atomic E-state index is 0.756. The van der Waals surface area contributed by atoms with Crippen LogP contribution in [-0.4, -0.2) is 25.7 Å². The molecule has 3 N–H and O–H groups in total. The molecule has 0 radical (unpaired) electrons. The number of hydrogen-bond donors (Lipinski definition) is 2. The Labute approximate surface area is 89.0 Å². The van der Waals surface area contributed by atoms with Crippen LogP contribution in [-0.2, 0) is 0 Å². The Hall–Kier alpha value is -1.03. The fourth-order valence-electron chi connectivity index (χ4n) is 1.10. The van der Waals surface area contributed by atoms with Crippen LogP contribution in [0.5, 0.6) is 5.75 Å². The predicted molar refractivity (Wildman–Crippen MR) is 64.3 cm³/mol. The first-order valence-corrected chi connectivity index (χ1v) is 5.83. The van der Waals surface area contributed by atoms with E-state index in [4.69, 9.17) is 10.5 Å². The van der Waals surface area contributed by atoms with Crippen LogP contribution < -0.4 is 15.8 Å². The largest absolute Gasteiger partial charge is 0.497 e. The maximum absolute atomic E-state index is 5.80. The normalized spacial score (nSPS) is 9.86. The molecule has 0 aliphatic heterocycles. The quantitative estimate of drug-likeness (QED) is 0.579. The molecule has 0 aliphatic carbocycles. The molecule has 14 heavy (non-hydrogen) atoms. The number of rotatable bonds is 5. The second kappa shape index (κ2) is 5.65. The van der Waals surface area contributed by atoms with E-state index < -0.39 is 0 Å². The second-order valence-corrected chi connectivity index (χ2v) is 3.86. The van der Waals surface area contributed by atoms with Gasteiger partial charge in [-0.15, -0.1) is 0 Å². The van der Waals surface area contributed by atoms with E-state index in [9.17, 15) is 0 Å². The molecule has 0 saturated carbocycles. The van der Waals surface area contributed by atoms with E-state index in [1.165, 1.54) is 0 Å². The lowest BCUT2D eigenvalue weighted by Gasteiger charge is -2.10. The highest BCUT2D eigenvalue weighted by Crippen LogP contribution is 2.24. The Morgan fingerprint density at radius 2 is 2.29 bits per heavy atom. The highest BCUT2D eigenvalue weighted by atomic mass is 32.2. The van der Waals surface area contributed by atoms with Crippen molar-refractivity contribution in [3.63, 3.8) is 0 Å².